The lowest BCUT2D eigenvalue weighted by Gasteiger charge is -2.22. The Kier molecular flexibility index (Phi) is 5.76. The highest BCUT2D eigenvalue weighted by atomic mass is 32.2. The summed E-state index contributed by atoms with van der Waals surface area (Å²) in [4.78, 5) is 3.54. The van der Waals surface area contributed by atoms with Gasteiger partial charge in [-0.2, -0.15) is 0 Å². The lowest BCUT2D eigenvalue weighted by atomic mass is 9.89. The first-order valence-corrected chi connectivity index (χ1v) is 10.3. The molecule has 0 radical (unpaired) electrons. The van der Waals surface area contributed by atoms with Gasteiger partial charge in [-0.05, 0) is 73.2 Å². The monoisotopic (exact) mass is 341 g/mol. The van der Waals surface area contributed by atoms with E-state index in [1.165, 1.54) is 47.6 Å². The molecule has 1 nitrogen and oxygen atoms in total. The second-order valence-electron chi connectivity index (χ2n) is 7.73. The SMILES string of the molecule is C=C(CSC(=C)CCCC1CC2C=CC1C2)CN1C(=C)CCC1=C. The molecule has 2 bridgehead atoms. The predicted molar refractivity (Wildman–Crippen MR) is 108 cm³/mol. The Hall–Kier alpha value is -1.15. The molecule has 3 rings (SSSR count). The molecular formula is C22H31NS. The van der Waals surface area contributed by atoms with Gasteiger partial charge in [0.1, 0.15) is 0 Å². The second kappa shape index (κ2) is 7.82. The number of hydrogen-bond acceptors (Lipinski definition) is 2. The summed E-state index contributed by atoms with van der Waals surface area (Å²) in [6.07, 6.45) is 13.7. The van der Waals surface area contributed by atoms with Crippen LogP contribution in [0, 0.1) is 17.8 Å². The van der Waals surface area contributed by atoms with Crippen molar-refractivity contribution in [3.05, 3.63) is 60.3 Å². The smallest absolute Gasteiger partial charge is 0.0440 e. The number of fused-ring (bicyclic) bond motifs is 2. The molecule has 0 aromatic carbocycles. The van der Waals surface area contributed by atoms with E-state index in [2.05, 4.69) is 43.4 Å². The molecule has 0 N–H and O–H groups in total. The minimum Gasteiger partial charge on any atom is -0.346 e. The van der Waals surface area contributed by atoms with Crippen molar-refractivity contribution in [3.63, 3.8) is 0 Å². The molecule has 1 saturated carbocycles. The minimum absolute atomic E-state index is 0.870. The molecule has 2 heteroatoms. The summed E-state index contributed by atoms with van der Waals surface area (Å²) in [6, 6.07) is 0. The zero-order chi connectivity index (χ0) is 17.1. The van der Waals surface area contributed by atoms with Gasteiger partial charge in [0.05, 0.1) is 0 Å². The number of rotatable bonds is 9. The van der Waals surface area contributed by atoms with Crippen molar-refractivity contribution in [1.29, 1.82) is 0 Å². The number of nitrogens with zero attached hydrogens (tertiary/aromatic N) is 1. The zero-order valence-corrected chi connectivity index (χ0v) is 15.8. The van der Waals surface area contributed by atoms with E-state index in [1.807, 2.05) is 11.8 Å². The summed E-state index contributed by atoms with van der Waals surface area (Å²) < 4.78 is 0. The van der Waals surface area contributed by atoms with E-state index < -0.39 is 0 Å². The number of thioether (sulfide) groups is 1. The molecule has 1 saturated heterocycles. The van der Waals surface area contributed by atoms with Gasteiger partial charge < -0.3 is 4.90 Å². The minimum atomic E-state index is 0.870. The molecule has 0 aromatic rings. The fraction of sp³-hybridized carbons (Fsp3) is 0.545. The number of allylic oxidation sites excluding steroid dienone is 5. The maximum absolute atomic E-state index is 4.26. The number of likely N-dealkylation sites (tertiary alicyclic amines) is 1. The molecule has 2 aliphatic carbocycles. The normalized spacial score (nSPS) is 28.2. The molecule has 0 amide bonds. The van der Waals surface area contributed by atoms with E-state index in [1.54, 1.807) is 0 Å². The van der Waals surface area contributed by atoms with E-state index in [0.29, 0.717) is 0 Å². The van der Waals surface area contributed by atoms with E-state index >= 15 is 0 Å². The van der Waals surface area contributed by atoms with Crippen LogP contribution in [-0.4, -0.2) is 17.2 Å². The van der Waals surface area contributed by atoms with Gasteiger partial charge >= 0.3 is 0 Å². The molecule has 1 aliphatic heterocycles. The topological polar surface area (TPSA) is 3.24 Å². The van der Waals surface area contributed by atoms with E-state index in [9.17, 15) is 0 Å². The highest BCUT2D eigenvalue weighted by molar-refractivity contribution is 8.03. The summed E-state index contributed by atoms with van der Waals surface area (Å²) in [6.45, 7) is 17.6. The highest BCUT2D eigenvalue weighted by Crippen LogP contribution is 2.45. The Bertz CT molecular complexity index is 555. The lowest BCUT2D eigenvalue weighted by Crippen LogP contribution is -2.18. The van der Waals surface area contributed by atoms with Crippen molar-refractivity contribution in [2.24, 2.45) is 17.8 Å². The lowest BCUT2D eigenvalue weighted by molar-refractivity contribution is 0.405. The van der Waals surface area contributed by atoms with E-state index in [4.69, 9.17) is 0 Å². The van der Waals surface area contributed by atoms with Gasteiger partial charge in [-0.1, -0.05) is 38.5 Å². The first kappa shape index (κ1) is 17.7. The molecule has 0 aromatic heterocycles. The molecule has 24 heavy (non-hydrogen) atoms. The Morgan fingerprint density at radius 2 is 1.88 bits per heavy atom. The summed E-state index contributed by atoms with van der Waals surface area (Å²) >= 11 is 1.87. The third-order valence-electron chi connectivity index (χ3n) is 5.77. The van der Waals surface area contributed by atoms with Crippen molar-refractivity contribution >= 4 is 11.8 Å². The van der Waals surface area contributed by atoms with Gasteiger partial charge in [0.25, 0.3) is 0 Å². The van der Waals surface area contributed by atoms with Crippen molar-refractivity contribution < 1.29 is 0 Å². The van der Waals surface area contributed by atoms with Crippen LogP contribution in [0.25, 0.3) is 0 Å². The second-order valence-corrected chi connectivity index (χ2v) is 8.88. The maximum Gasteiger partial charge on any atom is 0.0440 e. The van der Waals surface area contributed by atoms with Crippen LogP contribution in [0.2, 0.25) is 0 Å². The van der Waals surface area contributed by atoms with Gasteiger partial charge in [-0.25, -0.2) is 0 Å². The third-order valence-corrected chi connectivity index (χ3v) is 6.94. The quantitative estimate of drug-likeness (QED) is 0.453. The van der Waals surface area contributed by atoms with Gasteiger partial charge in [-0.3, -0.25) is 0 Å². The molecular weight excluding hydrogens is 310 g/mol. The molecule has 3 aliphatic rings. The largest absolute Gasteiger partial charge is 0.346 e. The molecule has 3 atom stereocenters. The summed E-state index contributed by atoms with van der Waals surface area (Å²) in [5.41, 5.74) is 3.61. The van der Waals surface area contributed by atoms with Crippen LogP contribution in [-0.2, 0) is 0 Å². The fourth-order valence-electron chi connectivity index (χ4n) is 4.34. The molecule has 2 fully saturated rings. The van der Waals surface area contributed by atoms with Gasteiger partial charge in [0.2, 0.25) is 0 Å². The Morgan fingerprint density at radius 3 is 2.50 bits per heavy atom. The van der Waals surface area contributed by atoms with Gasteiger partial charge in [0, 0.05) is 23.7 Å². The predicted octanol–water partition coefficient (Wildman–Crippen LogP) is 6.30. The van der Waals surface area contributed by atoms with Crippen molar-refractivity contribution in [3.8, 4) is 0 Å². The van der Waals surface area contributed by atoms with Crippen LogP contribution in [0.15, 0.2) is 60.3 Å². The first-order chi connectivity index (χ1) is 11.5. The van der Waals surface area contributed by atoms with E-state index in [0.717, 1.165) is 49.3 Å². The third kappa shape index (κ3) is 4.27. The number of hydrogen-bond donors (Lipinski definition) is 0. The van der Waals surface area contributed by atoms with Crippen molar-refractivity contribution in [2.75, 3.05) is 12.3 Å². The first-order valence-electron chi connectivity index (χ1n) is 9.31. The van der Waals surface area contributed by atoms with Crippen molar-refractivity contribution in [2.45, 2.75) is 44.9 Å². The van der Waals surface area contributed by atoms with Gasteiger partial charge in [-0.15, -0.1) is 11.8 Å². The van der Waals surface area contributed by atoms with Crippen LogP contribution in [0.5, 0.6) is 0 Å². The molecule has 130 valence electrons. The van der Waals surface area contributed by atoms with Crippen LogP contribution in [0.3, 0.4) is 0 Å². The summed E-state index contributed by atoms with van der Waals surface area (Å²) in [7, 11) is 0. The van der Waals surface area contributed by atoms with E-state index in [-0.39, 0.29) is 0 Å². The van der Waals surface area contributed by atoms with Crippen molar-refractivity contribution in [1.82, 2.24) is 4.90 Å². The highest BCUT2D eigenvalue weighted by Gasteiger charge is 2.34. The Morgan fingerprint density at radius 1 is 1.12 bits per heavy atom. The summed E-state index contributed by atoms with van der Waals surface area (Å²) in [5.74, 6) is 3.69. The summed E-state index contributed by atoms with van der Waals surface area (Å²) in [5, 5.41) is 0. The average Bonchev–Trinajstić information content (AvgIpc) is 3.25. The van der Waals surface area contributed by atoms with Crippen LogP contribution >= 0.6 is 11.8 Å². The standard InChI is InChI=1S/C22H31NS/c1-16(14-23-17(2)8-9-18(23)3)15-24-19(4)6-5-7-21-12-20-10-11-22(21)13-20/h10-11,20-22H,1-9,12-15H2. The molecule has 3 unspecified atom stereocenters. The average molecular weight is 342 g/mol. The molecule has 0 spiro atoms. The van der Waals surface area contributed by atoms with Crippen LogP contribution < -0.4 is 0 Å². The van der Waals surface area contributed by atoms with Crippen LogP contribution in [0.4, 0.5) is 0 Å². The Labute approximate surface area is 152 Å². The zero-order valence-electron chi connectivity index (χ0n) is 14.9. The van der Waals surface area contributed by atoms with Crippen LogP contribution in [0.1, 0.15) is 44.9 Å². The Balaban J connectivity index is 1.29. The maximum atomic E-state index is 4.26. The van der Waals surface area contributed by atoms with Gasteiger partial charge in [0.15, 0.2) is 0 Å². The fourth-order valence-corrected chi connectivity index (χ4v) is 5.13. The molecule has 1 heterocycles.